The second-order valence-corrected chi connectivity index (χ2v) is 4.55. The zero-order valence-corrected chi connectivity index (χ0v) is 12.7. The quantitative estimate of drug-likeness (QED) is 0.728. The van der Waals surface area contributed by atoms with E-state index in [9.17, 15) is 0 Å². The predicted octanol–water partition coefficient (Wildman–Crippen LogP) is 1.17. The molecule has 1 aromatic rings. The first-order valence-corrected chi connectivity index (χ1v) is 6.41. The molecule has 1 heterocycles. The Bertz CT molecular complexity index is 355. The van der Waals surface area contributed by atoms with Crippen LogP contribution in [0.2, 0.25) is 0 Å². The number of nitrogens with one attached hydrogen (secondary N) is 1. The number of hydrogen-bond acceptors (Lipinski definition) is 5. The van der Waals surface area contributed by atoms with Crippen LogP contribution in [0.15, 0.2) is 10.7 Å². The third-order valence-electron chi connectivity index (χ3n) is 2.68. The van der Waals surface area contributed by atoms with Gasteiger partial charge in [-0.25, -0.2) is 0 Å². The van der Waals surface area contributed by atoms with Gasteiger partial charge < -0.3 is 19.5 Å². The smallest absolute Gasteiger partial charge is 0.177 e. The minimum atomic E-state index is -0.385. The fourth-order valence-electron chi connectivity index (χ4n) is 1.81. The Morgan fingerprint density at radius 3 is 2.56 bits per heavy atom. The Hall–Kier alpha value is -0.470. The molecular weight excluding hydrogens is 302 g/mol. The molecule has 1 unspecified atom stereocenters. The van der Waals surface area contributed by atoms with E-state index in [2.05, 4.69) is 26.3 Å². The topological polar surface area (TPSA) is 57.5 Å². The lowest BCUT2D eigenvalue weighted by Crippen LogP contribution is -2.34. The van der Waals surface area contributed by atoms with Crippen molar-refractivity contribution in [3.8, 4) is 0 Å². The first kappa shape index (κ1) is 15.6. The minimum Gasteiger partial charge on any atom is -0.383 e. The van der Waals surface area contributed by atoms with Crippen molar-refractivity contribution in [1.82, 2.24) is 15.1 Å². The predicted molar refractivity (Wildman–Crippen MR) is 71.4 cm³/mol. The number of halogens is 1. The van der Waals surface area contributed by atoms with Crippen LogP contribution >= 0.6 is 15.9 Å². The van der Waals surface area contributed by atoms with Crippen molar-refractivity contribution in [3.05, 3.63) is 16.4 Å². The zero-order chi connectivity index (χ0) is 13.5. The van der Waals surface area contributed by atoms with Gasteiger partial charge in [0.2, 0.25) is 0 Å². The number of ether oxygens (including phenoxy) is 3. The van der Waals surface area contributed by atoms with Crippen molar-refractivity contribution in [2.75, 3.05) is 35.0 Å². The number of likely N-dealkylation sites (N-methyl/N-ethyl adjacent to an activating group) is 1. The molecule has 1 rings (SSSR count). The van der Waals surface area contributed by atoms with Gasteiger partial charge in [-0.1, -0.05) is 0 Å². The van der Waals surface area contributed by atoms with Gasteiger partial charge in [-0.3, -0.25) is 4.68 Å². The van der Waals surface area contributed by atoms with Crippen LogP contribution in [0.4, 0.5) is 0 Å². The maximum Gasteiger partial charge on any atom is 0.177 e. The van der Waals surface area contributed by atoms with E-state index in [1.807, 2.05) is 11.7 Å². The monoisotopic (exact) mass is 321 g/mol. The van der Waals surface area contributed by atoms with Gasteiger partial charge >= 0.3 is 0 Å². The molecule has 1 N–H and O–H groups in total. The van der Waals surface area contributed by atoms with Crippen LogP contribution < -0.4 is 5.32 Å². The van der Waals surface area contributed by atoms with E-state index >= 15 is 0 Å². The van der Waals surface area contributed by atoms with Crippen molar-refractivity contribution in [1.29, 1.82) is 0 Å². The molecule has 6 nitrogen and oxygen atoms in total. The lowest BCUT2D eigenvalue weighted by Gasteiger charge is -2.25. The van der Waals surface area contributed by atoms with E-state index in [1.165, 1.54) is 0 Å². The Morgan fingerprint density at radius 2 is 2.06 bits per heavy atom. The van der Waals surface area contributed by atoms with Crippen LogP contribution in [0.3, 0.4) is 0 Å². The fraction of sp³-hybridized carbons (Fsp3) is 0.727. The Labute approximate surface area is 116 Å². The van der Waals surface area contributed by atoms with E-state index in [1.54, 1.807) is 27.5 Å². The Morgan fingerprint density at radius 1 is 1.39 bits per heavy atom. The second-order valence-electron chi connectivity index (χ2n) is 3.70. The summed E-state index contributed by atoms with van der Waals surface area (Å²) in [7, 11) is 6.75. The van der Waals surface area contributed by atoms with Gasteiger partial charge in [0.15, 0.2) is 6.29 Å². The van der Waals surface area contributed by atoms with Gasteiger partial charge in [0, 0.05) is 21.3 Å². The van der Waals surface area contributed by atoms with Gasteiger partial charge in [-0.05, 0) is 23.0 Å². The summed E-state index contributed by atoms with van der Waals surface area (Å²) in [5.41, 5.74) is 0.975. The van der Waals surface area contributed by atoms with Crippen molar-refractivity contribution < 1.29 is 14.2 Å². The first-order valence-electron chi connectivity index (χ1n) is 5.62. The molecule has 7 heteroatoms. The molecule has 0 radical (unpaired) electrons. The van der Waals surface area contributed by atoms with E-state index in [4.69, 9.17) is 14.2 Å². The Balaban J connectivity index is 2.99. The molecule has 0 saturated carbocycles. The first-order chi connectivity index (χ1) is 8.69. The lowest BCUT2D eigenvalue weighted by atomic mass is 10.2. The van der Waals surface area contributed by atoms with E-state index in [0.717, 1.165) is 10.2 Å². The van der Waals surface area contributed by atoms with E-state index < -0.39 is 0 Å². The minimum absolute atomic E-state index is 0.117. The summed E-state index contributed by atoms with van der Waals surface area (Å²) in [6, 6.07) is -0.117. The van der Waals surface area contributed by atoms with Crippen molar-refractivity contribution in [3.63, 3.8) is 0 Å². The number of rotatable bonds is 8. The highest BCUT2D eigenvalue weighted by atomic mass is 79.9. The van der Waals surface area contributed by atoms with Gasteiger partial charge in [0.1, 0.15) is 6.04 Å². The lowest BCUT2D eigenvalue weighted by molar-refractivity contribution is -0.124. The summed E-state index contributed by atoms with van der Waals surface area (Å²) in [5.74, 6) is 0. The summed E-state index contributed by atoms with van der Waals surface area (Å²) in [5, 5.41) is 7.49. The summed E-state index contributed by atoms with van der Waals surface area (Å²) in [6.07, 6.45) is 1.38. The molecular formula is C11H20BrN3O3. The highest BCUT2D eigenvalue weighted by Crippen LogP contribution is 2.27. The highest BCUT2D eigenvalue weighted by molar-refractivity contribution is 9.10. The summed E-state index contributed by atoms with van der Waals surface area (Å²) >= 11 is 3.50. The molecule has 0 spiro atoms. The van der Waals surface area contributed by atoms with Crippen molar-refractivity contribution >= 4 is 15.9 Å². The van der Waals surface area contributed by atoms with Crippen molar-refractivity contribution in [2.24, 2.45) is 0 Å². The van der Waals surface area contributed by atoms with Crippen LogP contribution in [0.25, 0.3) is 0 Å². The molecule has 0 aliphatic heterocycles. The largest absolute Gasteiger partial charge is 0.383 e. The number of hydrogen-bond donors (Lipinski definition) is 1. The molecule has 0 amide bonds. The SMILES string of the molecule is CNC(c1c(Br)cnn1CCOC)C(OC)OC. The summed E-state index contributed by atoms with van der Waals surface area (Å²) in [6.45, 7) is 1.28. The van der Waals surface area contributed by atoms with Gasteiger partial charge in [0.25, 0.3) is 0 Å². The summed E-state index contributed by atoms with van der Waals surface area (Å²) < 4.78 is 18.5. The van der Waals surface area contributed by atoms with E-state index in [-0.39, 0.29) is 12.3 Å². The van der Waals surface area contributed by atoms with Crippen LogP contribution in [0, 0.1) is 0 Å². The molecule has 0 aliphatic carbocycles. The third-order valence-corrected chi connectivity index (χ3v) is 3.29. The van der Waals surface area contributed by atoms with Crippen LogP contribution in [0.1, 0.15) is 11.7 Å². The van der Waals surface area contributed by atoms with E-state index in [0.29, 0.717) is 13.2 Å². The summed E-state index contributed by atoms with van der Waals surface area (Å²) in [4.78, 5) is 0. The maximum absolute atomic E-state index is 5.31. The number of nitrogens with zero attached hydrogens (tertiary/aromatic N) is 2. The van der Waals surface area contributed by atoms with Crippen molar-refractivity contribution in [2.45, 2.75) is 18.9 Å². The van der Waals surface area contributed by atoms with Gasteiger partial charge in [-0.2, -0.15) is 5.10 Å². The molecule has 104 valence electrons. The van der Waals surface area contributed by atoms with Crippen LogP contribution in [-0.2, 0) is 20.8 Å². The van der Waals surface area contributed by atoms with Crippen LogP contribution in [0.5, 0.6) is 0 Å². The highest BCUT2D eigenvalue weighted by Gasteiger charge is 2.27. The Kier molecular flexibility index (Phi) is 6.80. The normalized spacial score (nSPS) is 13.2. The standard InChI is InChI=1S/C11H20BrN3O3/c1-13-9(11(17-3)18-4)10-8(12)7-14-15(10)5-6-16-2/h7,9,11,13H,5-6H2,1-4H3. The number of methoxy groups -OCH3 is 3. The maximum atomic E-state index is 5.31. The molecule has 0 aliphatic rings. The third kappa shape index (κ3) is 3.52. The molecule has 18 heavy (non-hydrogen) atoms. The molecule has 0 aromatic carbocycles. The van der Waals surface area contributed by atoms with Crippen LogP contribution in [-0.4, -0.2) is 51.1 Å². The molecule has 0 fully saturated rings. The average Bonchev–Trinajstić information content (AvgIpc) is 2.74. The number of aromatic nitrogens is 2. The molecule has 1 aromatic heterocycles. The zero-order valence-electron chi connectivity index (χ0n) is 11.1. The van der Waals surface area contributed by atoms with Gasteiger partial charge in [0.05, 0.1) is 29.5 Å². The molecule has 0 saturated heterocycles. The van der Waals surface area contributed by atoms with Gasteiger partial charge in [-0.15, -0.1) is 0 Å². The second kappa shape index (κ2) is 7.85. The molecule has 1 atom stereocenters. The fourth-order valence-corrected chi connectivity index (χ4v) is 2.35. The molecule has 0 bridgehead atoms. The average molecular weight is 322 g/mol.